The highest BCUT2D eigenvalue weighted by Gasteiger charge is 2.44. The summed E-state index contributed by atoms with van der Waals surface area (Å²) in [5.41, 5.74) is 6.30. The molecule has 27 heavy (non-hydrogen) atoms. The summed E-state index contributed by atoms with van der Waals surface area (Å²) in [4.78, 5) is 29.3. The quantitative estimate of drug-likeness (QED) is 0.734. The van der Waals surface area contributed by atoms with E-state index in [0.717, 1.165) is 38.9 Å². The van der Waals surface area contributed by atoms with Crippen molar-refractivity contribution in [2.45, 2.75) is 51.7 Å². The van der Waals surface area contributed by atoms with E-state index in [0.29, 0.717) is 13.0 Å². The van der Waals surface area contributed by atoms with Crippen LogP contribution >= 0.6 is 0 Å². The third-order valence-electron chi connectivity index (χ3n) is 6.37. The standard InChI is InChI=1S/C17H28N8O2/c1-12(2)24-10-17(4-3-14(24)26)5-7-23(8-6-17)16(27)13-9-18-20-15(13)25-11-19-21-22-25/h11-13,15,18,20H,3-10H2,1-2H3. The molecule has 0 saturated carbocycles. The highest BCUT2D eigenvalue weighted by atomic mass is 16.2. The number of tetrazole rings is 1. The van der Waals surface area contributed by atoms with E-state index in [9.17, 15) is 9.59 Å². The molecular weight excluding hydrogens is 348 g/mol. The lowest BCUT2D eigenvalue weighted by atomic mass is 9.72. The minimum absolute atomic E-state index is 0.135. The summed E-state index contributed by atoms with van der Waals surface area (Å²) in [5, 5.41) is 11.3. The maximum atomic E-state index is 13.1. The van der Waals surface area contributed by atoms with E-state index >= 15 is 0 Å². The van der Waals surface area contributed by atoms with Crippen LogP contribution in [0.5, 0.6) is 0 Å². The Morgan fingerprint density at radius 3 is 2.74 bits per heavy atom. The average molecular weight is 376 g/mol. The minimum Gasteiger partial charge on any atom is -0.342 e. The summed E-state index contributed by atoms with van der Waals surface area (Å²) in [6.45, 7) is 7.03. The van der Waals surface area contributed by atoms with Crippen LogP contribution in [-0.2, 0) is 9.59 Å². The molecule has 1 spiro atoms. The molecule has 0 aliphatic carbocycles. The van der Waals surface area contributed by atoms with Gasteiger partial charge in [0.25, 0.3) is 0 Å². The van der Waals surface area contributed by atoms with Crippen molar-refractivity contribution in [1.29, 1.82) is 0 Å². The van der Waals surface area contributed by atoms with Gasteiger partial charge in [0.2, 0.25) is 11.8 Å². The lowest BCUT2D eigenvalue weighted by Crippen LogP contribution is -2.54. The number of likely N-dealkylation sites (tertiary alicyclic amines) is 2. The molecule has 0 aromatic carbocycles. The lowest BCUT2D eigenvalue weighted by molar-refractivity contribution is -0.146. The van der Waals surface area contributed by atoms with Gasteiger partial charge in [0, 0.05) is 38.6 Å². The van der Waals surface area contributed by atoms with Crippen LogP contribution in [0.1, 0.15) is 45.7 Å². The van der Waals surface area contributed by atoms with Crippen LogP contribution in [0.25, 0.3) is 0 Å². The van der Waals surface area contributed by atoms with E-state index in [1.165, 1.54) is 6.33 Å². The average Bonchev–Trinajstić information content (AvgIpc) is 3.35. The number of hydrogen-bond acceptors (Lipinski definition) is 7. The van der Waals surface area contributed by atoms with Gasteiger partial charge < -0.3 is 9.80 Å². The molecular formula is C17H28N8O2. The molecule has 4 heterocycles. The van der Waals surface area contributed by atoms with Gasteiger partial charge in [-0.1, -0.05) is 0 Å². The van der Waals surface area contributed by atoms with Gasteiger partial charge in [-0.2, -0.15) is 0 Å². The second-order valence-electron chi connectivity index (χ2n) is 8.31. The second kappa shape index (κ2) is 7.16. The number of nitrogens with zero attached hydrogens (tertiary/aromatic N) is 6. The molecule has 2 N–H and O–H groups in total. The Labute approximate surface area is 158 Å². The number of carbonyl (C=O) groups excluding carboxylic acids is 2. The van der Waals surface area contributed by atoms with Crippen LogP contribution in [0, 0.1) is 11.3 Å². The highest BCUT2D eigenvalue weighted by molar-refractivity contribution is 5.80. The van der Waals surface area contributed by atoms with Crippen LogP contribution in [0.3, 0.4) is 0 Å². The van der Waals surface area contributed by atoms with Crippen LogP contribution in [0.4, 0.5) is 0 Å². The Morgan fingerprint density at radius 1 is 1.30 bits per heavy atom. The smallest absolute Gasteiger partial charge is 0.230 e. The largest absolute Gasteiger partial charge is 0.342 e. The maximum absolute atomic E-state index is 13.1. The number of carbonyl (C=O) groups is 2. The van der Waals surface area contributed by atoms with E-state index in [4.69, 9.17) is 0 Å². The number of hydrogen-bond donors (Lipinski definition) is 2. The van der Waals surface area contributed by atoms with E-state index in [-0.39, 0.29) is 35.4 Å². The van der Waals surface area contributed by atoms with Crippen molar-refractivity contribution in [3.63, 3.8) is 0 Å². The summed E-state index contributed by atoms with van der Waals surface area (Å²) in [5.74, 6) is 0.166. The zero-order valence-corrected chi connectivity index (χ0v) is 16.0. The Kier molecular flexibility index (Phi) is 4.85. The molecule has 2 unspecified atom stereocenters. The monoisotopic (exact) mass is 376 g/mol. The van der Waals surface area contributed by atoms with Gasteiger partial charge in [0.05, 0.1) is 5.92 Å². The molecule has 148 valence electrons. The van der Waals surface area contributed by atoms with Crippen molar-refractivity contribution in [3.8, 4) is 0 Å². The molecule has 4 rings (SSSR count). The number of nitrogens with one attached hydrogen (secondary N) is 2. The molecule has 0 radical (unpaired) electrons. The summed E-state index contributed by atoms with van der Waals surface area (Å²) < 4.78 is 1.58. The summed E-state index contributed by atoms with van der Waals surface area (Å²) in [7, 11) is 0. The Hall–Kier alpha value is -2.07. The first kappa shape index (κ1) is 18.3. The Balaban J connectivity index is 1.39. The van der Waals surface area contributed by atoms with Crippen molar-refractivity contribution in [3.05, 3.63) is 6.33 Å². The summed E-state index contributed by atoms with van der Waals surface area (Å²) in [6, 6.07) is 0.238. The third kappa shape index (κ3) is 3.43. The van der Waals surface area contributed by atoms with Gasteiger partial charge in [0.15, 0.2) is 0 Å². The molecule has 0 bridgehead atoms. The van der Waals surface area contributed by atoms with Gasteiger partial charge >= 0.3 is 0 Å². The minimum atomic E-state index is -0.271. The molecule has 1 aromatic heterocycles. The van der Waals surface area contributed by atoms with E-state index in [2.05, 4.69) is 40.2 Å². The van der Waals surface area contributed by atoms with Crippen molar-refractivity contribution in [2.75, 3.05) is 26.2 Å². The highest BCUT2D eigenvalue weighted by Crippen LogP contribution is 2.41. The van der Waals surface area contributed by atoms with Gasteiger partial charge in [-0.15, -0.1) is 5.10 Å². The van der Waals surface area contributed by atoms with Crippen molar-refractivity contribution in [2.24, 2.45) is 11.3 Å². The molecule has 3 saturated heterocycles. The summed E-state index contributed by atoms with van der Waals surface area (Å²) in [6.07, 6.45) is 4.74. The molecule has 2 atom stereocenters. The molecule has 10 heteroatoms. The number of amides is 2. The molecule has 3 aliphatic rings. The van der Waals surface area contributed by atoms with Crippen LogP contribution in [-0.4, -0.2) is 74.0 Å². The van der Waals surface area contributed by atoms with Crippen LogP contribution in [0.15, 0.2) is 6.33 Å². The van der Waals surface area contributed by atoms with E-state index in [1.807, 2.05) is 9.80 Å². The molecule has 3 aliphatic heterocycles. The van der Waals surface area contributed by atoms with Gasteiger partial charge in [-0.25, -0.2) is 10.1 Å². The zero-order chi connectivity index (χ0) is 19.0. The van der Waals surface area contributed by atoms with E-state index < -0.39 is 0 Å². The normalized spacial score (nSPS) is 28.3. The first-order valence-electron chi connectivity index (χ1n) is 9.78. The van der Waals surface area contributed by atoms with Gasteiger partial charge in [-0.05, 0) is 49.0 Å². The van der Waals surface area contributed by atoms with Crippen LogP contribution in [0.2, 0.25) is 0 Å². The SMILES string of the molecule is CC(C)N1CC2(CCC1=O)CCN(C(=O)C1CNNC1n1cnnn1)CC2. The Bertz CT molecular complexity index is 683. The maximum Gasteiger partial charge on any atom is 0.230 e. The molecule has 1 aromatic rings. The second-order valence-corrected chi connectivity index (χ2v) is 8.31. The number of aromatic nitrogens is 4. The molecule has 2 amide bonds. The number of rotatable bonds is 3. The fourth-order valence-corrected chi connectivity index (χ4v) is 4.61. The fourth-order valence-electron chi connectivity index (χ4n) is 4.61. The van der Waals surface area contributed by atoms with Crippen molar-refractivity contribution in [1.82, 2.24) is 40.9 Å². The zero-order valence-electron chi connectivity index (χ0n) is 16.0. The lowest BCUT2D eigenvalue weighted by Gasteiger charge is -2.48. The van der Waals surface area contributed by atoms with Crippen molar-refractivity contribution >= 4 is 11.8 Å². The summed E-state index contributed by atoms with van der Waals surface area (Å²) >= 11 is 0. The fraction of sp³-hybridized carbons (Fsp3) is 0.824. The first-order valence-corrected chi connectivity index (χ1v) is 9.78. The van der Waals surface area contributed by atoms with Crippen LogP contribution < -0.4 is 10.9 Å². The first-order chi connectivity index (χ1) is 13.0. The molecule has 10 nitrogen and oxygen atoms in total. The van der Waals surface area contributed by atoms with Gasteiger partial charge in [0.1, 0.15) is 12.5 Å². The van der Waals surface area contributed by atoms with E-state index in [1.54, 1.807) is 4.68 Å². The number of piperidine rings is 2. The topological polar surface area (TPSA) is 108 Å². The Morgan fingerprint density at radius 2 is 2.07 bits per heavy atom. The third-order valence-corrected chi connectivity index (χ3v) is 6.37. The van der Waals surface area contributed by atoms with Crippen molar-refractivity contribution < 1.29 is 9.59 Å². The predicted molar refractivity (Wildman–Crippen MR) is 95.8 cm³/mol. The number of hydrazine groups is 1. The molecule has 3 fully saturated rings. The van der Waals surface area contributed by atoms with Gasteiger partial charge in [-0.3, -0.25) is 15.0 Å². The predicted octanol–water partition coefficient (Wildman–Crippen LogP) is -0.465.